The van der Waals surface area contributed by atoms with E-state index in [4.69, 9.17) is 21.1 Å². The first kappa shape index (κ1) is 16.4. The molecule has 1 atom stereocenters. The third-order valence-corrected chi connectivity index (χ3v) is 2.97. The molecule has 2 N–H and O–H groups in total. The topological polar surface area (TPSA) is 59.6 Å². The molecule has 0 aliphatic carbocycles. The lowest BCUT2D eigenvalue weighted by molar-refractivity contribution is -0.122. The summed E-state index contributed by atoms with van der Waals surface area (Å²) in [5.41, 5.74) is 0.643. The van der Waals surface area contributed by atoms with Crippen molar-refractivity contribution in [3.05, 3.63) is 17.2 Å². The Balaban J connectivity index is 2.91. The Morgan fingerprint density at radius 2 is 1.75 bits per heavy atom. The van der Waals surface area contributed by atoms with E-state index >= 15 is 0 Å². The van der Waals surface area contributed by atoms with Crippen molar-refractivity contribution in [2.45, 2.75) is 32.9 Å². The summed E-state index contributed by atoms with van der Waals surface area (Å²) in [6.07, 6.45) is 0. The van der Waals surface area contributed by atoms with Crippen molar-refractivity contribution >= 4 is 23.2 Å². The van der Waals surface area contributed by atoms with Gasteiger partial charge < -0.3 is 20.1 Å². The van der Waals surface area contributed by atoms with Crippen LogP contribution in [0.5, 0.6) is 11.5 Å². The maximum absolute atomic E-state index is 11.9. The molecule has 20 heavy (non-hydrogen) atoms. The van der Waals surface area contributed by atoms with Crippen molar-refractivity contribution in [2.75, 3.05) is 19.5 Å². The Morgan fingerprint density at radius 3 is 2.25 bits per heavy atom. The number of rotatable bonds is 6. The first-order valence-corrected chi connectivity index (χ1v) is 6.75. The maximum Gasteiger partial charge on any atom is 0.242 e. The minimum Gasteiger partial charge on any atom is -0.495 e. The van der Waals surface area contributed by atoms with Gasteiger partial charge in [-0.3, -0.25) is 4.79 Å². The van der Waals surface area contributed by atoms with Crippen LogP contribution in [0.4, 0.5) is 5.69 Å². The largest absolute Gasteiger partial charge is 0.495 e. The monoisotopic (exact) mass is 300 g/mol. The van der Waals surface area contributed by atoms with Gasteiger partial charge in [0, 0.05) is 12.1 Å². The van der Waals surface area contributed by atoms with Gasteiger partial charge in [-0.25, -0.2) is 0 Å². The van der Waals surface area contributed by atoms with Crippen LogP contribution in [0.2, 0.25) is 5.02 Å². The van der Waals surface area contributed by atoms with Gasteiger partial charge in [-0.05, 0) is 26.8 Å². The van der Waals surface area contributed by atoms with Gasteiger partial charge in [0.25, 0.3) is 0 Å². The predicted octanol–water partition coefficient (Wildman–Crippen LogP) is 2.68. The molecule has 0 spiro atoms. The van der Waals surface area contributed by atoms with Crippen LogP contribution in [0.1, 0.15) is 20.8 Å². The van der Waals surface area contributed by atoms with Crippen molar-refractivity contribution in [3.8, 4) is 11.5 Å². The van der Waals surface area contributed by atoms with E-state index < -0.39 is 6.04 Å². The summed E-state index contributed by atoms with van der Waals surface area (Å²) in [5.74, 6) is 0.998. The molecule has 0 fully saturated rings. The van der Waals surface area contributed by atoms with Gasteiger partial charge in [-0.15, -0.1) is 0 Å². The number of nitrogens with one attached hydrogen (secondary N) is 2. The number of hydrogen-bond acceptors (Lipinski definition) is 4. The smallest absolute Gasteiger partial charge is 0.242 e. The molecule has 112 valence electrons. The van der Waals surface area contributed by atoms with Crippen LogP contribution >= 0.6 is 11.6 Å². The quantitative estimate of drug-likeness (QED) is 0.848. The highest BCUT2D eigenvalue weighted by Crippen LogP contribution is 2.36. The van der Waals surface area contributed by atoms with Crippen molar-refractivity contribution < 1.29 is 14.3 Å². The summed E-state index contributed by atoms with van der Waals surface area (Å²) in [5, 5.41) is 6.37. The molecule has 1 amide bonds. The normalized spacial score (nSPS) is 11.9. The molecular weight excluding hydrogens is 280 g/mol. The second-order valence-corrected chi connectivity index (χ2v) is 5.12. The lowest BCUT2D eigenvalue weighted by atomic mass is 10.2. The van der Waals surface area contributed by atoms with Gasteiger partial charge in [0.05, 0.1) is 24.9 Å². The average Bonchev–Trinajstić information content (AvgIpc) is 2.38. The highest BCUT2D eigenvalue weighted by Gasteiger charge is 2.17. The van der Waals surface area contributed by atoms with E-state index in [0.717, 1.165) is 0 Å². The predicted molar refractivity (Wildman–Crippen MR) is 80.9 cm³/mol. The fraction of sp³-hybridized carbons (Fsp3) is 0.500. The molecule has 6 heteroatoms. The molecule has 0 radical (unpaired) electrons. The third-order valence-electron chi connectivity index (χ3n) is 2.67. The van der Waals surface area contributed by atoms with Gasteiger partial charge in [-0.2, -0.15) is 0 Å². The van der Waals surface area contributed by atoms with Gasteiger partial charge in [0.1, 0.15) is 17.5 Å². The van der Waals surface area contributed by atoms with Gasteiger partial charge in [-0.1, -0.05) is 11.6 Å². The number of carbonyl (C=O) groups is 1. The van der Waals surface area contributed by atoms with Crippen LogP contribution in [0.3, 0.4) is 0 Å². The van der Waals surface area contributed by atoms with E-state index in [0.29, 0.717) is 22.2 Å². The third kappa shape index (κ3) is 4.20. The standard InChI is InChI=1S/C14H21ClN2O3/c1-8(2)16-14(18)9(3)17-11-6-10(15)12(19-4)7-13(11)20-5/h6-9,17H,1-5H3,(H,16,18). The molecule has 1 unspecified atom stereocenters. The number of halogens is 1. The van der Waals surface area contributed by atoms with Gasteiger partial charge in [0.2, 0.25) is 5.91 Å². The van der Waals surface area contributed by atoms with E-state index in [1.165, 1.54) is 7.11 Å². The summed E-state index contributed by atoms with van der Waals surface area (Å²) in [7, 11) is 3.08. The van der Waals surface area contributed by atoms with Crippen LogP contribution in [0.15, 0.2) is 12.1 Å². The zero-order valence-corrected chi connectivity index (χ0v) is 13.2. The minimum atomic E-state index is -0.407. The average molecular weight is 301 g/mol. The van der Waals surface area contributed by atoms with Crippen LogP contribution in [0.25, 0.3) is 0 Å². The number of methoxy groups -OCH3 is 2. The number of hydrogen-bond donors (Lipinski definition) is 2. The molecule has 1 rings (SSSR count). The van der Waals surface area contributed by atoms with E-state index in [1.807, 2.05) is 13.8 Å². The Bertz CT molecular complexity index is 478. The zero-order chi connectivity index (χ0) is 15.3. The molecule has 0 bridgehead atoms. The Kier molecular flexibility index (Phi) is 5.95. The number of carbonyl (C=O) groups excluding carboxylic acids is 1. The number of anilines is 1. The first-order valence-electron chi connectivity index (χ1n) is 6.37. The van der Waals surface area contributed by atoms with Crippen molar-refractivity contribution in [2.24, 2.45) is 0 Å². The lowest BCUT2D eigenvalue weighted by Crippen LogP contribution is -2.41. The SMILES string of the molecule is COc1cc(OC)c(NC(C)C(=O)NC(C)C)cc1Cl. The Labute approximate surface area is 124 Å². The second kappa shape index (κ2) is 7.24. The van der Waals surface area contributed by atoms with Crippen LogP contribution in [0, 0.1) is 0 Å². The summed E-state index contributed by atoms with van der Waals surface area (Å²) in [6.45, 7) is 5.60. The molecule has 5 nitrogen and oxygen atoms in total. The van der Waals surface area contributed by atoms with Crippen molar-refractivity contribution in [1.29, 1.82) is 0 Å². The van der Waals surface area contributed by atoms with Crippen molar-refractivity contribution in [1.82, 2.24) is 5.32 Å². The van der Waals surface area contributed by atoms with Crippen molar-refractivity contribution in [3.63, 3.8) is 0 Å². The summed E-state index contributed by atoms with van der Waals surface area (Å²) >= 11 is 6.08. The first-order chi connectivity index (χ1) is 9.38. The summed E-state index contributed by atoms with van der Waals surface area (Å²) in [6, 6.07) is 3.04. The van der Waals surface area contributed by atoms with E-state index in [-0.39, 0.29) is 11.9 Å². The Morgan fingerprint density at radius 1 is 1.15 bits per heavy atom. The molecule has 0 saturated carbocycles. The molecule has 0 aromatic heterocycles. The fourth-order valence-corrected chi connectivity index (χ4v) is 1.92. The molecule has 0 heterocycles. The number of amides is 1. The van der Waals surface area contributed by atoms with Crippen LogP contribution < -0.4 is 20.1 Å². The summed E-state index contributed by atoms with van der Waals surface area (Å²) < 4.78 is 10.4. The molecule has 0 aliphatic rings. The fourth-order valence-electron chi connectivity index (χ4n) is 1.68. The summed E-state index contributed by atoms with van der Waals surface area (Å²) in [4.78, 5) is 11.9. The lowest BCUT2D eigenvalue weighted by Gasteiger charge is -2.19. The molecule has 0 saturated heterocycles. The second-order valence-electron chi connectivity index (χ2n) is 4.72. The Hall–Kier alpha value is -1.62. The van der Waals surface area contributed by atoms with Crippen LogP contribution in [-0.2, 0) is 4.79 Å². The molecular formula is C14H21ClN2O3. The van der Waals surface area contributed by atoms with Crippen LogP contribution in [-0.4, -0.2) is 32.2 Å². The number of ether oxygens (including phenoxy) is 2. The molecule has 0 aliphatic heterocycles. The maximum atomic E-state index is 11.9. The highest BCUT2D eigenvalue weighted by atomic mass is 35.5. The highest BCUT2D eigenvalue weighted by molar-refractivity contribution is 6.32. The van der Waals surface area contributed by atoms with E-state index in [2.05, 4.69) is 10.6 Å². The minimum absolute atomic E-state index is 0.0889. The van der Waals surface area contributed by atoms with Gasteiger partial charge >= 0.3 is 0 Å². The van der Waals surface area contributed by atoms with E-state index in [9.17, 15) is 4.79 Å². The molecule has 1 aromatic rings. The molecule has 1 aromatic carbocycles. The number of benzene rings is 1. The van der Waals surface area contributed by atoms with E-state index in [1.54, 1.807) is 26.2 Å². The zero-order valence-electron chi connectivity index (χ0n) is 12.4. The van der Waals surface area contributed by atoms with Gasteiger partial charge in [0.15, 0.2) is 0 Å².